The third-order valence-corrected chi connectivity index (χ3v) is 7.50. The molecule has 3 aromatic rings. The Bertz CT molecular complexity index is 1480. The van der Waals surface area contributed by atoms with Gasteiger partial charge in [-0.3, -0.25) is 4.72 Å². The lowest BCUT2D eigenvalue weighted by Gasteiger charge is -2.24. The van der Waals surface area contributed by atoms with Gasteiger partial charge in [0.05, 0.1) is 49.5 Å². The molecule has 1 atom stereocenters. The third-order valence-electron chi connectivity index (χ3n) is 6.18. The Balaban J connectivity index is 1.52. The second-order valence-corrected chi connectivity index (χ2v) is 10.2. The molecular formula is C25H23F4N3O5S. The number of methoxy groups -OCH3 is 2. The zero-order valence-electron chi connectivity index (χ0n) is 20.3. The van der Waals surface area contributed by atoms with Crippen molar-refractivity contribution in [3.63, 3.8) is 0 Å². The second-order valence-electron chi connectivity index (χ2n) is 8.54. The van der Waals surface area contributed by atoms with Gasteiger partial charge in [0.15, 0.2) is 0 Å². The number of carbonyl (C=O) groups excluding carboxylic acids is 1. The fourth-order valence-corrected chi connectivity index (χ4v) is 5.07. The van der Waals surface area contributed by atoms with Crippen molar-refractivity contribution in [1.29, 1.82) is 0 Å². The number of rotatable bonds is 7. The van der Waals surface area contributed by atoms with E-state index in [2.05, 4.69) is 14.6 Å². The summed E-state index contributed by atoms with van der Waals surface area (Å²) in [5, 5.41) is 4.07. The Morgan fingerprint density at radius 2 is 1.87 bits per heavy atom. The van der Waals surface area contributed by atoms with E-state index in [9.17, 15) is 30.8 Å². The molecule has 0 aliphatic heterocycles. The lowest BCUT2D eigenvalue weighted by atomic mass is 9.86. The first kappa shape index (κ1) is 27.2. The molecular weight excluding hydrogens is 530 g/mol. The van der Waals surface area contributed by atoms with Crippen LogP contribution in [-0.2, 0) is 14.8 Å². The Hall–Kier alpha value is -3.87. The van der Waals surface area contributed by atoms with E-state index in [-0.39, 0.29) is 29.2 Å². The lowest BCUT2D eigenvalue weighted by Crippen LogP contribution is -2.24. The number of hydrogen-bond acceptors (Lipinski definition) is 6. The molecule has 1 unspecified atom stereocenters. The molecule has 13 heteroatoms. The van der Waals surface area contributed by atoms with Crippen molar-refractivity contribution < 1.29 is 40.2 Å². The number of alkyl halides is 3. The molecule has 0 bridgehead atoms. The maximum Gasteiger partial charge on any atom is 0.392 e. The summed E-state index contributed by atoms with van der Waals surface area (Å²) in [6.45, 7) is 0. The van der Waals surface area contributed by atoms with Crippen LogP contribution in [0.15, 0.2) is 59.8 Å². The first-order valence-electron chi connectivity index (χ1n) is 11.3. The maximum atomic E-state index is 14.4. The molecule has 0 amide bonds. The number of esters is 1. The zero-order chi connectivity index (χ0) is 27.7. The highest BCUT2D eigenvalue weighted by atomic mass is 32.2. The van der Waals surface area contributed by atoms with Crippen molar-refractivity contribution in [2.45, 2.75) is 30.3 Å². The summed E-state index contributed by atoms with van der Waals surface area (Å²) in [7, 11) is -1.92. The van der Waals surface area contributed by atoms with Gasteiger partial charge in [-0.15, -0.1) is 0 Å². The number of aromatic nitrogens is 2. The van der Waals surface area contributed by atoms with Crippen LogP contribution in [0.2, 0.25) is 0 Å². The molecule has 0 saturated heterocycles. The number of allylic oxidation sites excluding steroid dienone is 2. The predicted octanol–water partition coefficient (Wildman–Crippen LogP) is 5.35. The summed E-state index contributed by atoms with van der Waals surface area (Å²) in [6, 6.07) is 8.65. The van der Waals surface area contributed by atoms with Crippen molar-refractivity contribution in [3.8, 4) is 11.4 Å². The van der Waals surface area contributed by atoms with E-state index in [4.69, 9.17) is 4.74 Å². The van der Waals surface area contributed by atoms with Gasteiger partial charge in [-0.05, 0) is 48.6 Å². The minimum absolute atomic E-state index is 0.0323. The van der Waals surface area contributed by atoms with Crippen LogP contribution >= 0.6 is 0 Å². The van der Waals surface area contributed by atoms with Gasteiger partial charge in [0.2, 0.25) is 0 Å². The van der Waals surface area contributed by atoms with E-state index in [0.717, 1.165) is 36.6 Å². The van der Waals surface area contributed by atoms with E-state index in [1.807, 2.05) is 0 Å². The van der Waals surface area contributed by atoms with Crippen LogP contribution in [0.3, 0.4) is 0 Å². The summed E-state index contributed by atoms with van der Waals surface area (Å²) in [5.41, 5.74) is 1.46. The summed E-state index contributed by atoms with van der Waals surface area (Å²) >= 11 is 0. The van der Waals surface area contributed by atoms with Gasteiger partial charge in [0.25, 0.3) is 10.0 Å². The quantitative estimate of drug-likeness (QED) is 0.313. The van der Waals surface area contributed by atoms with E-state index in [1.165, 1.54) is 18.0 Å². The number of nitrogens with one attached hydrogen (secondary N) is 1. The van der Waals surface area contributed by atoms with Crippen LogP contribution in [-0.4, -0.2) is 44.6 Å². The molecule has 1 heterocycles. The van der Waals surface area contributed by atoms with Gasteiger partial charge in [-0.1, -0.05) is 18.2 Å². The summed E-state index contributed by atoms with van der Waals surface area (Å²) in [6.07, 6.45) is 0.0305. The number of anilines is 1. The molecule has 202 valence electrons. The highest BCUT2D eigenvalue weighted by molar-refractivity contribution is 7.92. The van der Waals surface area contributed by atoms with Gasteiger partial charge in [-0.2, -0.15) is 18.3 Å². The first-order valence-corrected chi connectivity index (χ1v) is 12.8. The molecule has 0 spiro atoms. The number of sulfonamides is 1. The molecule has 8 nitrogen and oxygen atoms in total. The molecule has 2 aromatic carbocycles. The molecule has 38 heavy (non-hydrogen) atoms. The predicted molar refractivity (Wildman–Crippen MR) is 130 cm³/mol. The summed E-state index contributed by atoms with van der Waals surface area (Å²) < 4.78 is 92.1. The van der Waals surface area contributed by atoms with Crippen LogP contribution in [0.4, 0.5) is 23.2 Å². The number of nitrogens with zero attached hydrogens (tertiary/aromatic N) is 2. The Labute approximate surface area is 215 Å². The molecule has 1 N–H and O–H groups in total. The fraction of sp³-hybridized carbons (Fsp3) is 0.280. The maximum absolute atomic E-state index is 14.4. The second kappa shape index (κ2) is 10.5. The lowest BCUT2D eigenvalue weighted by molar-refractivity contribution is -0.175. The number of halogens is 4. The molecule has 0 fully saturated rings. The average molecular weight is 554 g/mol. The SMILES string of the molecule is COC(=O)c1cc(OC)c(NS(=O)(=O)c2cnn(-c3ccc(C4=CCC(C(F)(F)F)CC4)cc3)c2)cc1F. The number of benzene rings is 2. The molecule has 4 rings (SSSR count). The number of carbonyl (C=O) groups is 1. The minimum Gasteiger partial charge on any atom is -0.495 e. The smallest absolute Gasteiger partial charge is 0.392 e. The van der Waals surface area contributed by atoms with E-state index in [1.54, 1.807) is 30.3 Å². The summed E-state index contributed by atoms with van der Waals surface area (Å²) in [5.74, 6) is -3.39. The number of hydrogen-bond donors (Lipinski definition) is 1. The highest BCUT2D eigenvalue weighted by Gasteiger charge is 2.39. The standard InChI is InChI=1S/C25H23F4N3O5S/c1-36-23-11-20(24(33)37-2)21(26)12-22(23)31-38(34,35)19-13-30-32(14-19)18-9-5-16(6-10-18)15-3-7-17(8-4-15)25(27,28)29/h3,5-6,9-14,17,31H,4,7-8H2,1-2H3. The van der Waals surface area contributed by atoms with Crippen molar-refractivity contribution in [2.24, 2.45) is 5.92 Å². The van der Waals surface area contributed by atoms with E-state index in [0.29, 0.717) is 12.1 Å². The van der Waals surface area contributed by atoms with Crippen molar-refractivity contribution in [3.05, 3.63) is 71.8 Å². The summed E-state index contributed by atoms with van der Waals surface area (Å²) in [4.78, 5) is 11.5. The third kappa shape index (κ3) is 5.67. The highest BCUT2D eigenvalue weighted by Crippen LogP contribution is 2.39. The van der Waals surface area contributed by atoms with Crippen molar-refractivity contribution in [1.82, 2.24) is 9.78 Å². The van der Waals surface area contributed by atoms with E-state index >= 15 is 0 Å². The van der Waals surface area contributed by atoms with Crippen LogP contribution in [0, 0.1) is 11.7 Å². The Kier molecular flexibility index (Phi) is 7.49. The minimum atomic E-state index is -4.23. The topological polar surface area (TPSA) is 99.5 Å². The van der Waals surface area contributed by atoms with E-state index < -0.39 is 39.5 Å². The van der Waals surface area contributed by atoms with Gasteiger partial charge < -0.3 is 9.47 Å². The monoisotopic (exact) mass is 553 g/mol. The Morgan fingerprint density at radius 3 is 2.45 bits per heavy atom. The Morgan fingerprint density at radius 1 is 1.16 bits per heavy atom. The molecule has 1 aromatic heterocycles. The van der Waals surface area contributed by atoms with Gasteiger partial charge in [0.1, 0.15) is 16.5 Å². The molecule has 1 aliphatic carbocycles. The molecule has 0 saturated carbocycles. The number of ether oxygens (including phenoxy) is 2. The molecule has 0 radical (unpaired) electrons. The van der Waals surface area contributed by atoms with Crippen LogP contribution in [0.5, 0.6) is 5.75 Å². The van der Waals surface area contributed by atoms with Crippen molar-refractivity contribution >= 4 is 27.3 Å². The van der Waals surface area contributed by atoms with Gasteiger partial charge in [-0.25, -0.2) is 22.3 Å². The first-order chi connectivity index (χ1) is 17.9. The van der Waals surface area contributed by atoms with Crippen LogP contribution in [0.1, 0.15) is 35.2 Å². The van der Waals surface area contributed by atoms with Gasteiger partial charge in [0, 0.05) is 6.07 Å². The molecule has 1 aliphatic rings. The van der Waals surface area contributed by atoms with Crippen LogP contribution < -0.4 is 9.46 Å². The zero-order valence-corrected chi connectivity index (χ0v) is 21.1. The average Bonchev–Trinajstić information content (AvgIpc) is 3.39. The normalized spacial score (nSPS) is 16.1. The largest absolute Gasteiger partial charge is 0.495 e. The van der Waals surface area contributed by atoms with Gasteiger partial charge >= 0.3 is 12.1 Å². The van der Waals surface area contributed by atoms with Crippen molar-refractivity contribution in [2.75, 3.05) is 18.9 Å². The van der Waals surface area contributed by atoms with Crippen LogP contribution in [0.25, 0.3) is 11.3 Å². The fourth-order valence-electron chi connectivity index (χ4n) is 4.08.